The van der Waals surface area contributed by atoms with E-state index in [4.69, 9.17) is 44.8 Å². The van der Waals surface area contributed by atoms with E-state index in [2.05, 4.69) is 9.78 Å². The van der Waals surface area contributed by atoms with Crippen molar-refractivity contribution in [1.29, 1.82) is 0 Å². The number of hydrogen-bond donors (Lipinski definition) is 4. The van der Waals surface area contributed by atoms with E-state index < -0.39 is 0 Å². The van der Waals surface area contributed by atoms with E-state index >= 15 is 0 Å². The van der Waals surface area contributed by atoms with Gasteiger partial charge in [0.1, 0.15) is 0 Å². The van der Waals surface area contributed by atoms with Gasteiger partial charge in [0.05, 0.1) is 18.3 Å². The molecule has 15 heteroatoms. The smallest absolute Gasteiger partial charge is 0.327 e. The number of rotatable bonds is 2. The van der Waals surface area contributed by atoms with Gasteiger partial charge in [0.2, 0.25) is 0 Å². The van der Waals surface area contributed by atoms with Crippen LogP contribution in [-0.2, 0) is 9.78 Å². The molecule has 322 valence electrons. The van der Waals surface area contributed by atoms with E-state index in [9.17, 15) is 0 Å². The van der Waals surface area contributed by atoms with Crippen molar-refractivity contribution in [2.45, 2.75) is 238 Å². The van der Waals surface area contributed by atoms with Crippen LogP contribution in [0.15, 0.2) is 0 Å². The highest BCUT2D eigenvalue weighted by Gasteiger charge is 2.13. The summed E-state index contributed by atoms with van der Waals surface area (Å²) >= 11 is -0.167. The largest absolute Gasteiger partial charge is 0.506 e. The van der Waals surface area contributed by atoms with Gasteiger partial charge in [-0.2, -0.15) is 0 Å². The van der Waals surface area contributed by atoms with Crippen LogP contribution in [0, 0.1) is 31.2 Å². The average molecular weight is 843 g/mol. The molecule has 0 atom stereocenters. The molecule has 6 aliphatic carbocycles. The quantitative estimate of drug-likeness (QED) is 0.153. The molecule has 0 aromatic carbocycles. The van der Waals surface area contributed by atoms with Crippen LogP contribution in [0.4, 0.5) is 0 Å². The third-order valence-electron chi connectivity index (χ3n) is 9.48. The van der Waals surface area contributed by atoms with Crippen molar-refractivity contribution >= 4 is 37.2 Å². The summed E-state index contributed by atoms with van der Waals surface area (Å²) in [6, 6.07) is 0. The first kappa shape index (κ1) is 66.9. The van der Waals surface area contributed by atoms with Crippen molar-refractivity contribution in [2.24, 2.45) is 0 Å². The van der Waals surface area contributed by atoms with Crippen molar-refractivity contribution in [3.8, 4) is 0 Å². The molecule has 52 heavy (non-hydrogen) atoms. The molecule has 0 aromatic heterocycles. The topological polar surface area (TPSA) is 191 Å². The molecule has 11 nitrogen and oxygen atoms in total. The summed E-state index contributed by atoms with van der Waals surface area (Å²) in [5.74, 6) is 0. The van der Waals surface area contributed by atoms with Gasteiger partial charge in [-0.1, -0.05) is 181 Å². The summed E-state index contributed by atoms with van der Waals surface area (Å²) in [6.45, 7) is 0. The number of hydrogen-bond acceptors (Lipinski definition) is 11. The monoisotopic (exact) mass is 840 g/mol. The van der Waals surface area contributed by atoms with Crippen LogP contribution in [-0.4, -0.2) is 38.6 Å². The van der Waals surface area contributed by atoms with Crippen LogP contribution in [0.5, 0.6) is 0 Å². The first-order chi connectivity index (χ1) is 23.7. The number of aliphatic hydroxyl groups is 1. The first-order valence-corrected chi connectivity index (χ1v) is 19.8. The third kappa shape index (κ3) is 56.8. The van der Waals surface area contributed by atoms with Crippen molar-refractivity contribution in [3.63, 3.8) is 0 Å². The summed E-state index contributed by atoms with van der Waals surface area (Å²) < 4.78 is 15.2. The Bertz CT molecular complexity index is 467. The summed E-state index contributed by atoms with van der Waals surface area (Å²) in [4.78, 5) is 36.4. The Balaban J connectivity index is -0.0000000892. The van der Waals surface area contributed by atoms with Crippen molar-refractivity contribution in [3.05, 3.63) is 19.9 Å². The molecule has 0 radical (unpaired) electrons. The average Bonchev–Trinajstić information content (AvgIpc) is 3.21. The highest BCUT2D eigenvalue weighted by atomic mass is 35.6. The van der Waals surface area contributed by atoms with Gasteiger partial charge in [-0.05, 0) is 38.5 Å². The molecule has 4 N–H and O–H groups in total. The molecule has 0 saturated heterocycles. The molecule has 0 aliphatic heterocycles. The first-order valence-electron chi connectivity index (χ1n) is 19.2. The normalized spacial score (nSPS) is 19.5. The fourth-order valence-corrected chi connectivity index (χ4v) is 6.60. The van der Waals surface area contributed by atoms with E-state index in [-0.39, 0.29) is 74.3 Å². The molecule has 6 fully saturated rings. The number of halogens is 4. The van der Waals surface area contributed by atoms with Gasteiger partial charge in [-0.15, -0.1) is 41.9 Å². The Labute approximate surface area is 339 Å². The fraction of sp³-hybridized carbons (Fsp3) is 1.00. The third-order valence-corrected chi connectivity index (χ3v) is 9.48. The van der Waals surface area contributed by atoms with Crippen LogP contribution in [0.3, 0.4) is 0 Å². The Kier molecular flexibility index (Phi) is 81.1. The predicted octanol–water partition coefficient (Wildman–Crippen LogP) is 12.2. The standard InChI is InChI=1S/2C6H12O2.C6H12O.3C6H12.CH4.ClHO2.3ClH.2O2/c2*7-8-6-4-2-1-3-5-6;7-6-4-2-1-3-5-6;3*1-2-4-6-5-3-1;;2-1-3;;;;2*1-2/h2*6-7H,1-5H2;6-7H,1-5H2;3*1-6H2;1H4;2H;3*1H;;. The maximum atomic E-state index is 8.91. The van der Waals surface area contributed by atoms with Gasteiger partial charge in [-0.3, -0.25) is 10.5 Å². The second-order valence-corrected chi connectivity index (χ2v) is 13.6. The van der Waals surface area contributed by atoms with E-state index in [1.165, 1.54) is 173 Å². The minimum absolute atomic E-state index is 0. The molecular weight excluding hydrogens is 762 g/mol. The minimum Gasteiger partial charge on any atom is -0.506 e. The predicted molar refractivity (Wildman–Crippen MR) is 218 cm³/mol. The van der Waals surface area contributed by atoms with Gasteiger partial charge < -0.3 is 9.77 Å². The van der Waals surface area contributed by atoms with Gasteiger partial charge in [0.15, 0.2) is 0 Å². The molecule has 6 saturated carbocycles. The molecule has 0 amide bonds. The zero-order valence-electron chi connectivity index (χ0n) is 31.3. The van der Waals surface area contributed by atoms with Gasteiger partial charge >= 0.3 is 11.3 Å². The van der Waals surface area contributed by atoms with Gasteiger partial charge in [-0.25, -0.2) is 9.78 Å². The van der Waals surface area contributed by atoms with Crippen molar-refractivity contribution < 1.29 is 46.0 Å². The highest BCUT2D eigenvalue weighted by molar-refractivity contribution is 5.86. The molecule has 0 aromatic rings. The van der Waals surface area contributed by atoms with Gasteiger partial charge in [0, 0.05) is 19.9 Å². The Morgan fingerprint density at radius 2 is 0.519 bits per heavy atom. The molecular formula is C37H80Cl4O11. The lowest BCUT2D eigenvalue weighted by Gasteiger charge is -2.17. The Morgan fingerprint density at radius 3 is 0.615 bits per heavy atom. The van der Waals surface area contributed by atoms with E-state index in [1.54, 1.807) is 0 Å². The maximum absolute atomic E-state index is 8.91. The minimum atomic E-state index is -0.167. The number of aliphatic hydroxyl groups excluding tert-OH is 1. The SMILES string of the molecule is C.C1CCCCC1.C1CCCCC1.C1CCCCC1.Cl.Cl.Cl.O=O.O=O.OC1CCCCC1.OOC1CCCCC1.OOC1CCCCC1.[O-][Cl+]O. The Hall–Kier alpha value is 0.0800. The molecule has 0 bridgehead atoms. The summed E-state index contributed by atoms with van der Waals surface area (Å²) in [5.41, 5.74) is 0. The summed E-state index contributed by atoms with van der Waals surface area (Å²) in [7, 11) is 0. The zero-order chi connectivity index (χ0) is 36.2. The van der Waals surface area contributed by atoms with E-state index in [0.717, 1.165) is 38.5 Å². The summed E-state index contributed by atoms with van der Waals surface area (Å²) in [5, 5.41) is 25.3. The fourth-order valence-electron chi connectivity index (χ4n) is 6.60. The second-order valence-electron chi connectivity index (χ2n) is 13.5. The van der Waals surface area contributed by atoms with E-state index in [0.29, 0.717) is 0 Å². The van der Waals surface area contributed by atoms with Crippen molar-refractivity contribution in [2.75, 3.05) is 0 Å². The van der Waals surface area contributed by atoms with Gasteiger partial charge in [0.25, 0.3) is 0 Å². The van der Waals surface area contributed by atoms with Crippen LogP contribution in [0.2, 0.25) is 0 Å². The van der Waals surface area contributed by atoms with Crippen LogP contribution in [0.25, 0.3) is 0 Å². The Morgan fingerprint density at radius 1 is 0.385 bits per heavy atom. The van der Waals surface area contributed by atoms with Crippen LogP contribution in [0.1, 0.15) is 219 Å². The molecule has 6 rings (SSSR count). The maximum Gasteiger partial charge on any atom is 0.327 e. The highest BCUT2D eigenvalue weighted by Crippen LogP contribution is 2.20. The molecule has 0 heterocycles. The lowest BCUT2D eigenvalue weighted by molar-refractivity contribution is -1.27. The lowest BCUT2D eigenvalue weighted by Crippen LogP contribution is -2.14. The molecule has 0 unspecified atom stereocenters. The molecule has 6 aliphatic rings. The van der Waals surface area contributed by atoms with Crippen LogP contribution < -0.4 is 4.66 Å². The zero-order valence-corrected chi connectivity index (χ0v) is 34.5. The second kappa shape index (κ2) is 63.0. The summed E-state index contributed by atoms with van der Waals surface area (Å²) in [6.07, 6.45) is 44.8. The van der Waals surface area contributed by atoms with E-state index in [1.807, 2.05) is 0 Å². The lowest BCUT2D eigenvalue weighted by atomic mass is 9.98. The van der Waals surface area contributed by atoms with Crippen molar-refractivity contribution in [1.82, 2.24) is 0 Å². The molecule has 0 spiro atoms. The van der Waals surface area contributed by atoms with Crippen LogP contribution >= 0.6 is 37.2 Å².